The van der Waals surface area contributed by atoms with E-state index in [0.29, 0.717) is 6.61 Å². The molecular weight excluding hydrogens is 238 g/mol. The first-order valence-electron chi connectivity index (χ1n) is 6.56. The molecule has 19 heavy (non-hydrogen) atoms. The second kappa shape index (κ2) is 6.38. The van der Waals surface area contributed by atoms with Crippen LogP contribution in [-0.2, 0) is 13.5 Å². The number of aromatic nitrogens is 2. The molecule has 0 fully saturated rings. The maximum Gasteiger partial charge on any atom is 0.119 e. The van der Waals surface area contributed by atoms with E-state index in [1.165, 1.54) is 5.56 Å². The minimum Gasteiger partial charge on any atom is -0.494 e. The highest BCUT2D eigenvalue weighted by atomic mass is 16.5. The fourth-order valence-corrected chi connectivity index (χ4v) is 1.96. The molecule has 1 aromatic carbocycles. The molecule has 2 N–H and O–H groups in total. The van der Waals surface area contributed by atoms with Gasteiger partial charge in [0.2, 0.25) is 0 Å². The molecule has 1 unspecified atom stereocenters. The van der Waals surface area contributed by atoms with Crippen LogP contribution in [0.3, 0.4) is 0 Å². The van der Waals surface area contributed by atoms with Crippen molar-refractivity contribution in [3.05, 3.63) is 48.0 Å². The van der Waals surface area contributed by atoms with Gasteiger partial charge in [-0.15, -0.1) is 0 Å². The molecule has 2 rings (SSSR count). The van der Waals surface area contributed by atoms with Crippen LogP contribution >= 0.6 is 0 Å². The zero-order valence-corrected chi connectivity index (χ0v) is 11.5. The molecule has 2 aromatic rings. The van der Waals surface area contributed by atoms with Crippen molar-refractivity contribution in [2.24, 2.45) is 12.8 Å². The van der Waals surface area contributed by atoms with E-state index < -0.39 is 0 Å². The first kappa shape index (κ1) is 13.6. The second-order valence-corrected chi connectivity index (χ2v) is 4.87. The lowest BCUT2D eigenvalue weighted by molar-refractivity contribution is 0.296. The van der Waals surface area contributed by atoms with Gasteiger partial charge in [-0.3, -0.25) is 0 Å². The Labute approximate surface area is 114 Å². The summed E-state index contributed by atoms with van der Waals surface area (Å²) in [5.41, 5.74) is 7.30. The molecule has 1 heterocycles. The molecule has 102 valence electrons. The lowest BCUT2D eigenvalue weighted by Gasteiger charge is -2.12. The van der Waals surface area contributed by atoms with Gasteiger partial charge in [-0.2, -0.15) is 0 Å². The van der Waals surface area contributed by atoms with Crippen LogP contribution < -0.4 is 10.5 Å². The fourth-order valence-electron chi connectivity index (χ4n) is 1.96. The van der Waals surface area contributed by atoms with Crippen LogP contribution in [0.2, 0.25) is 0 Å². The Morgan fingerprint density at radius 3 is 2.95 bits per heavy atom. The number of benzene rings is 1. The third kappa shape index (κ3) is 4.10. The third-order valence-electron chi connectivity index (χ3n) is 3.11. The second-order valence-electron chi connectivity index (χ2n) is 4.87. The van der Waals surface area contributed by atoms with Gasteiger partial charge >= 0.3 is 0 Å². The van der Waals surface area contributed by atoms with Gasteiger partial charge in [0.05, 0.1) is 6.61 Å². The highest BCUT2D eigenvalue weighted by molar-refractivity contribution is 5.27. The van der Waals surface area contributed by atoms with Gasteiger partial charge in [-0.25, -0.2) is 4.98 Å². The Morgan fingerprint density at radius 2 is 2.26 bits per heavy atom. The summed E-state index contributed by atoms with van der Waals surface area (Å²) in [4.78, 5) is 4.28. The topological polar surface area (TPSA) is 53.1 Å². The Kier molecular flexibility index (Phi) is 4.58. The zero-order chi connectivity index (χ0) is 13.7. The Bertz CT molecular complexity index is 522. The molecule has 0 aliphatic rings. The number of aryl methyl sites for hydroxylation is 2. The summed E-state index contributed by atoms with van der Waals surface area (Å²) in [6.07, 6.45) is 5.33. The van der Waals surface area contributed by atoms with Crippen LogP contribution in [0.25, 0.3) is 0 Å². The number of hydrogen-bond acceptors (Lipinski definition) is 3. The predicted molar refractivity (Wildman–Crippen MR) is 76.2 cm³/mol. The summed E-state index contributed by atoms with van der Waals surface area (Å²) in [6, 6.07) is 8.13. The first-order valence-corrected chi connectivity index (χ1v) is 6.56. The van der Waals surface area contributed by atoms with E-state index in [4.69, 9.17) is 10.5 Å². The van der Waals surface area contributed by atoms with Crippen LogP contribution in [0.4, 0.5) is 0 Å². The summed E-state index contributed by atoms with van der Waals surface area (Å²) in [5.74, 6) is 1.92. The lowest BCUT2D eigenvalue weighted by Crippen LogP contribution is -2.26. The van der Waals surface area contributed by atoms with Gasteiger partial charge < -0.3 is 15.0 Å². The highest BCUT2D eigenvalue weighted by Gasteiger charge is 2.08. The van der Waals surface area contributed by atoms with Gasteiger partial charge in [0.1, 0.15) is 11.6 Å². The van der Waals surface area contributed by atoms with E-state index in [1.54, 1.807) is 6.20 Å². The Morgan fingerprint density at radius 1 is 1.42 bits per heavy atom. The van der Waals surface area contributed by atoms with E-state index in [-0.39, 0.29) is 6.04 Å². The van der Waals surface area contributed by atoms with Crippen LogP contribution in [0.15, 0.2) is 36.7 Å². The maximum absolute atomic E-state index is 6.09. The van der Waals surface area contributed by atoms with Crippen molar-refractivity contribution in [2.45, 2.75) is 25.8 Å². The van der Waals surface area contributed by atoms with E-state index >= 15 is 0 Å². The molecule has 4 nitrogen and oxygen atoms in total. The normalized spacial score (nSPS) is 12.4. The summed E-state index contributed by atoms with van der Waals surface area (Å²) in [5, 5.41) is 0. The predicted octanol–water partition coefficient (Wildman–Crippen LogP) is 2.07. The van der Waals surface area contributed by atoms with Crippen molar-refractivity contribution in [1.29, 1.82) is 0 Å². The molecule has 0 radical (unpaired) electrons. The summed E-state index contributed by atoms with van der Waals surface area (Å²) < 4.78 is 7.70. The Balaban J connectivity index is 1.75. The Hall–Kier alpha value is -1.81. The summed E-state index contributed by atoms with van der Waals surface area (Å²) in [6.45, 7) is 2.69. The first-order chi connectivity index (χ1) is 9.15. The van der Waals surface area contributed by atoms with E-state index in [0.717, 1.165) is 24.4 Å². The van der Waals surface area contributed by atoms with Gasteiger partial charge in [-0.1, -0.05) is 12.1 Å². The van der Waals surface area contributed by atoms with Crippen molar-refractivity contribution in [3.8, 4) is 5.75 Å². The molecule has 1 aromatic heterocycles. The molecule has 0 saturated carbocycles. The van der Waals surface area contributed by atoms with Gasteiger partial charge in [-0.05, 0) is 31.0 Å². The molecule has 0 spiro atoms. The van der Waals surface area contributed by atoms with E-state index in [9.17, 15) is 0 Å². The zero-order valence-electron chi connectivity index (χ0n) is 11.5. The van der Waals surface area contributed by atoms with Gasteiger partial charge in [0.15, 0.2) is 0 Å². The number of nitrogens with two attached hydrogens (primary N) is 1. The van der Waals surface area contributed by atoms with Crippen LogP contribution in [0, 0.1) is 6.92 Å². The van der Waals surface area contributed by atoms with Crippen LogP contribution in [0.5, 0.6) is 5.75 Å². The number of nitrogens with zero attached hydrogens (tertiary/aromatic N) is 2. The van der Waals surface area contributed by atoms with Gasteiger partial charge in [0, 0.05) is 31.9 Å². The SMILES string of the molecule is Cc1cccc(OCCC(N)Cc2nccn2C)c1. The van der Waals surface area contributed by atoms with Crippen molar-refractivity contribution in [3.63, 3.8) is 0 Å². The van der Waals surface area contributed by atoms with Crippen molar-refractivity contribution < 1.29 is 4.74 Å². The van der Waals surface area contributed by atoms with Crippen molar-refractivity contribution in [1.82, 2.24) is 9.55 Å². The number of hydrogen-bond donors (Lipinski definition) is 1. The molecule has 1 atom stereocenters. The highest BCUT2D eigenvalue weighted by Crippen LogP contribution is 2.13. The quantitative estimate of drug-likeness (QED) is 0.864. The van der Waals surface area contributed by atoms with Crippen LogP contribution in [-0.4, -0.2) is 22.2 Å². The molecule has 0 aliphatic carbocycles. The van der Waals surface area contributed by atoms with Crippen LogP contribution in [0.1, 0.15) is 17.8 Å². The average molecular weight is 259 g/mol. The number of rotatable bonds is 6. The van der Waals surface area contributed by atoms with E-state index in [2.05, 4.69) is 18.0 Å². The third-order valence-corrected chi connectivity index (χ3v) is 3.11. The number of ether oxygens (including phenoxy) is 1. The molecule has 0 bridgehead atoms. The minimum absolute atomic E-state index is 0.0749. The van der Waals surface area contributed by atoms with E-state index in [1.807, 2.05) is 36.0 Å². The molecule has 0 saturated heterocycles. The monoisotopic (exact) mass is 259 g/mol. The maximum atomic E-state index is 6.09. The summed E-state index contributed by atoms with van der Waals surface area (Å²) in [7, 11) is 1.98. The minimum atomic E-state index is 0.0749. The van der Waals surface area contributed by atoms with Crippen molar-refractivity contribution >= 4 is 0 Å². The van der Waals surface area contributed by atoms with Crippen molar-refractivity contribution in [2.75, 3.05) is 6.61 Å². The lowest BCUT2D eigenvalue weighted by atomic mass is 10.1. The largest absolute Gasteiger partial charge is 0.494 e. The standard InChI is InChI=1S/C15H21N3O/c1-12-4-3-5-14(10-12)19-9-6-13(16)11-15-17-7-8-18(15)2/h3-5,7-8,10,13H,6,9,11,16H2,1-2H3. The number of imidazole rings is 1. The smallest absolute Gasteiger partial charge is 0.119 e. The average Bonchev–Trinajstić information content (AvgIpc) is 2.75. The van der Waals surface area contributed by atoms with Gasteiger partial charge in [0.25, 0.3) is 0 Å². The molecular formula is C15H21N3O. The summed E-state index contributed by atoms with van der Waals surface area (Å²) >= 11 is 0. The fraction of sp³-hybridized carbons (Fsp3) is 0.400. The molecule has 0 aliphatic heterocycles. The molecule has 4 heteroatoms. The molecule has 0 amide bonds.